The second-order valence-electron chi connectivity index (χ2n) is 2.61. The summed E-state index contributed by atoms with van der Waals surface area (Å²) in [6, 6.07) is 4.15. The first kappa shape index (κ1) is 8.60. The van der Waals surface area contributed by atoms with E-state index >= 15 is 0 Å². The predicted octanol–water partition coefficient (Wildman–Crippen LogP) is 2.38. The molecular weight excluding hydrogens is 154 g/mol. The molecule has 0 aliphatic heterocycles. The Morgan fingerprint density at radius 3 is 2.64 bits per heavy atom. The fourth-order valence-electron chi connectivity index (χ4n) is 0.934. The molecule has 1 heterocycles. The van der Waals surface area contributed by atoms with Crippen LogP contribution in [-0.2, 0) is 6.42 Å². The van der Waals surface area contributed by atoms with E-state index in [1.165, 1.54) is 5.56 Å². The summed E-state index contributed by atoms with van der Waals surface area (Å²) in [4.78, 5) is 3.97. The van der Waals surface area contributed by atoms with Crippen LogP contribution in [0.5, 0.6) is 0 Å². The highest BCUT2D eigenvalue weighted by molar-refractivity contribution is 7.99. The highest BCUT2D eigenvalue weighted by Crippen LogP contribution is 2.11. The first-order chi connectivity index (χ1) is 5.33. The maximum Gasteiger partial charge on any atom is 0.0270 e. The molecule has 0 radical (unpaired) electrons. The van der Waals surface area contributed by atoms with E-state index in [9.17, 15) is 0 Å². The summed E-state index contributed by atoms with van der Waals surface area (Å²) in [6.07, 6.45) is 6.99. The Bertz CT molecular complexity index is 198. The zero-order valence-corrected chi connectivity index (χ0v) is 7.77. The lowest BCUT2D eigenvalue weighted by atomic mass is 10.1. The van der Waals surface area contributed by atoms with Crippen LogP contribution in [0.15, 0.2) is 24.5 Å². The standard InChI is InChI=1S/C9H13NS/c1-8(11-2)7-9-3-5-10-6-4-9/h3-6,8H,7H2,1-2H3. The summed E-state index contributed by atoms with van der Waals surface area (Å²) in [5.41, 5.74) is 1.38. The molecule has 11 heavy (non-hydrogen) atoms. The van der Waals surface area contributed by atoms with Gasteiger partial charge in [0.1, 0.15) is 0 Å². The number of rotatable bonds is 3. The summed E-state index contributed by atoms with van der Waals surface area (Å²) in [5, 5.41) is 0.706. The van der Waals surface area contributed by atoms with E-state index in [-0.39, 0.29) is 0 Å². The van der Waals surface area contributed by atoms with Crippen molar-refractivity contribution in [2.24, 2.45) is 0 Å². The van der Waals surface area contributed by atoms with Crippen LogP contribution in [0.3, 0.4) is 0 Å². The number of hydrogen-bond donors (Lipinski definition) is 0. The van der Waals surface area contributed by atoms with Crippen LogP contribution < -0.4 is 0 Å². The van der Waals surface area contributed by atoms with Gasteiger partial charge >= 0.3 is 0 Å². The Labute approximate surface area is 72.2 Å². The zero-order valence-electron chi connectivity index (χ0n) is 6.95. The van der Waals surface area contributed by atoms with Crippen LogP contribution in [0.25, 0.3) is 0 Å². The van der Waals surface area contributed by atoms with Crippen molar-refractivity contribution in [1.29, 1.82) is 0 Å². The lowest BCUT2D eigenvalue weighted by Crippen LogP contribution is -1.99. The molecule has 0 saturated heterocycles. The molecule has 0 aliphatic rings. The minimum Gasteiger partial charge on any atom is -0.265 e. The van der Waals surface area contributed by atoms with Crippen LogP contribution in [0.1, 0.15) is 12.5 Å². The van der Waals surface area contributed by atoms with E-state index in [1.807, 2.05) is 24.2 Å². The molecule has 1 aromatic rings. The first-order valence-electron chi connectivity index (χ1n) is 3.74. The summed E-state index contributed by atoms with van der Waals surface area (Å²) in [5.74, 6) is 0. The fourth-order valence-corrected chi connectivity index (χ4v) is 1.29. The van der Waals surface area contributed by atoms with Gasteiger partial charge in [0, 0.05) is 17.6 Å². The molecule has 1 nitrogen and oxygen atoms in total. The van der Waals surface area contributed by atoms with E-state index in [0.717, 1.165) is 6.42 Å². The third-order valence-electron chi connectivity index (χ3n) is 1.67. The highest BCUT2D eigenvalue weighted by atomic mass is 32.2. The number of aromatic nitrogens is 1. The normalized spacial score (nSPS) is 12.9. The van der Waals surface area contributed by atoms with E-state index in [4.69, 9.17) is 0 Å². The highest BCUT2D eigenvalue weighted by Gasteiger charge is 1.99. The maximum absolute atomic E-state index is 3.97. The van der Waals surface area contributed by atoms with Gasteiger partial charge in [-0.05, 0) is 30.4 Å². The van der Waals surface area contributed by atoms with Gasteiger partial charge in [0.05, 0.1) is 0 Å². The molecule has 0 aromatic carbocycles. The Morgan fingerprint density at radius 1 is 1.45 bits per heavy atom. The molecule has 60 valence electrons. The van der Waals surface area contributed by atoms with Crippen molar-refractivity contribution in [2.45, 2.75) is 18.6 Å². The molecule has 0 N–H and O–H groups in total. The van der Waals surface area contributed by atoms with Crippen molar-refractivity contribution in [3.8, 4) is 0 Å². The number of pyridine rings is 1. The minimum atomic E-state index is 0.706. The predicted molar refractivity (Wildman–Crippen MR) is 50.9 cm³/mol. The quantitative estimate of drug-likeness (QED) is 0.685. The van der Waals surface area contributed by atoms with Gasteiger partial charge in [-0.2, -0.15) is 11.8 Å². The maximum atomic E-state index is 3.97. The molecular formula is C9H13NS. The van der Waals surface area contributed by atoms with Crippen molar-refractivity contribution >= 4 is 11.8 Å². The second-order valence-corrected chi connectivity index (χ2v) is 3.88. The van der Waals surface area contributed by atoms with Gasteiger partial charge in [0.2, 0.25) is 0 Å². The molecule has 0 fully saturated rings. The van der Waals surface area contributed by atoms with E-state index in [1.54, 1.807) is 0 Å². The summed E-state index contributed by atoms with van der Waals surface area (Å²) >= 11 is 1.90. The molecule has 1 aromatic heterocycles. The Balaban J connectivity index is 2.51. The van der Waals surface area contributed by atoms with Gasteiger partial charge in [-0.15, -0.1) is 0 Å². The Hall–Kier alpha value is -0.500. The topological polar surface area (TPSA) is 12.9 Å². The molecule has 2 heteroatoms. The van der Waals surface area contributed by atoms with Gasteiger partial charge in [-0.25, -0.2) is 0 Å². The summed E-state index contributed by atoms with van der Waals surface area (Å²) < 4.78 is 0. The molecule has 0 aliphatic carbocycles. The minimum absolute atomic E-state index is 0.706. The molecule has 0 spiro atoms. The smallest absolute Gasteiger partial charge is 0.0270 e. The monoisotopic (exact) mass is 167 g/mol. The molecule has 0 saturated carbocycles. The molecule has 1 atom stereocenters. The van der Waals surface area contributed by atoms with Gasteiger partial charge in [0.15, 0.2) is 0 Å². The summed E-state index contributed by atoms with van der Waals surface area (Å²) in [6.45, 7) is 2.24. The van der Waals surface area contributed by atoms with Crippen molar-refractivity contribution in [1.82, 2.24) is 4.98 Å². The van der Waals surface area contributed by atoms with Crippen LogP contribution in [0.4, 0.5) is 0 Å². The van der Waals surface area contributed by atoms with E-state index in [2.05, 4.69) is 30.3 Å². The van der Waals surface area contributed by atoms with Crippen LogP contribution >= 0.6 is 11.8 Å². The number of thioether (sulfide) groups is 1. The van der Waals surface area contributed by atoms with Crippen LogP contribution in [0, 0.1) is 0 Å². The summed E-state index contributed by atoms with van der Waals surface area (Å²) in [7, 11) is 0. The van der Waals surface area contributed by atoms with Crippen molar-refractivity contribution in [2.75, 3.05) is 6.26 Å². The number of nitrogens with zero attached hydrogens (tertiary/aromatic N) is 1. The SMILES string of the molecule is CSC(C)Cc1ccncc1. The fraction of sp³-hybridized carbons (Fsp3) is 0.444. The van der Waals surface area contributed by atoms with Crippen molar-refractivity contribution < 1.29 is 0 Å². The van der Waals surface area contributed by atoms with E-state index in [0.29, 0.717) is 5.25 Å². The molecule has 1 unspecified atom stereocenters. The lowest BCUT2D eigenvalue weighted by molar-refractivity contribution is 0.941. The average Bonchev–Trinajstić information content (AvgIpc) is 2.06. The van der Waals surface area contributed by atoms with Crippen LogP contribution in [-0.4, -0.2) is 16.5 Å². The first-order valence-corrected chi connectivity index (χ1v) is 5.03. The molecule has 0 bridgehead atoms. The lowest BCUT2D eigenvalue weighted by Gasteiger charge is -2.06. The van der Waals surface area contributed by atoms with E-state index < -0.39 is 0 Å². The third kappa shape index (κ3) is 2.93. The average molecular weight is 167 g/mol. The van der Waals surface area contributed by atoms with Gasteiger partial charge < -0.3 is 0 Å². The molecule has 1 rings (SSSR count). The van der Waals surface area contributed by atoms with Gasteiger partial charge in [0.25, 0.3) is 0 Å². The van der Waals surface area contributed by atoms with Crippen LogP contribution in [0.2, 0.25) is 0 Å². The van der Waals surface area contributed by atoms with Crippen molar-refractivity contribution in [3.05, 3.63) is 30.1 Å². The van der Waals surface area contributed by atoms with Crippen molar-refractivity contribution in [3.63, 3.8) is 0 Å². The van der Waals surface area contributed by atoms with Gasteiger partial charge in [-0.1, -0.05) is 6.92 Å². The largest absolute Gasteiger partial charge is 0.265 e. The zero-order chi connectivity index (χ0) is 8.10. The Morgan fingerprint density at radius 2 is 2.09 bits per heavy atom. The molecule has 0 amide bonds. The number of hydrogen-bond acceptors (Lipinski definition) is 2. The van der Waals surface area contributed by atoms with Gasteiger partial charge in [-0.3, -0.25) is 4.98 Å². The Kier molecular flexibility index (Phi) is 3.43. The third-order valence-corrected chi connectivity index (χ3v) is 2.65. The second kappa shape index (κ2) is 4.39.